The van der Waals surface area contributed by atoms with Gasteiger partial charge in [0.15, 0.2) is 5.67 Å². The average molecular weight is 211 g/mol. The van der Waals surface area contributed by atoms with E-state index in [-0.39, 0.29) is 12.4 Å². The Morgan fingerprint density at radius 2 is 2.20 bits per heavy atom. The lowest BCUT2D eigenvalue weighted by Gasteiger charge is -2.24. The Morgan fingerprint density at radius 1 is 1.53 bits per heavy atom. The number of halogens is 1. The Labute approximate surface area is 89.7 Å². The molecule has 3 nitrogen and oxygen atoms in total. The van der Waals surface area contributed by atoms with Crippen LogP contribution >= 0.6 is 0 Å². The zero-order valence-electron chi connectivity index (χ0n) is 9.26. The average Bonchev–Trinajstić information content (AvgIpc) is 2.22. The topological polar surface area (TPSA) is 64.9 Å². The quantitative estimate of drug-likeness (QED) is 0.799. The fraction of sp³-hybridized carbons (Fsp3) is 0.545. The summed E-state index contributed by atoms with van der Waals surface area (Å²) in [6, 6.07) is 1.73. The van der Waals surface area contributed by atoms with Crippen molar-refractivity contribution < 1.29 is 4.39 Å². The minimum absolute atomic E-state index is 0.0594. The first-order chi connectivity index (χ1) is 7.03. The molecule has 4 heteroatoms. The van der Waals surface area contributed by atoms with Gasteiger partial charge in [-0.05, 0) is 25.0 Å². The van der Waals surface area contributed by atoms with Crippen LogP contribution in [0, 0.1) is 6.92 Å². The Hall–Kier alpha value is -1.16. The molecule has 0 aromatic carbocycles. The van der Waals surface area contributed by atoms with Crippen LogP contribution in [0.2, 0.25) is 0 Å². The molecule has 0 amide bonds. The molecule has 0 bridgehead atoms. The lowest BCUT2D eigenvalue weighted by atomic mass is 9.91. The van der Waals surface area contributed by atoms with Gasteiger partial charge in [-0.2, -0.15) is 0 Å². The van der Waals surface area contributed by atoms with Crippen molar-refractivity contribution >= 4 is 5.82 Å². The SMILES string of the molecule is CCCC(F)(CN)c1cc(C)cnc1N. The molecule has 0 aliphatic carbocycles. The third kappa shape index (κ3) is 2.45. The van der Waals surface area contributed by atoms with E-state index < -0.39 is 5.67 Å². The molecule has 0 aliphatic rings. The van der Waals surface area contributed by atoms with Crippen molar-refractivity contribution in [2.75, 3.05) is 12.3 Å². The summed E-state index contributed by atoms with van der Waals surface area (Å²) in [7, 11) is 0. The molecule has 1 unspecified atom stereocenters. The molecule has 1 atom stereocenters. The van der Waals surface area contributed by atoms with E-state index in [1.54, 1.807) is 12.3 Å². The van der Waals surface area contributed by atoms with Crippen LogP contribution < -0.4 is 11.5 Å². The van der Waals surface area contributed by atoms with Crippen LogP contribution in [0.3, 0.4) is 0 Å². The maximum Gasteiger partial charge on any atom is 0.151 e. The van der Waals surface area contributed by atoms with Gasteiger partial charge in [0, 0.05) is 18.3 Å². The Bertz CT molecular complexity index is 341. The van der Waals surface area contributed by atoms with Gasteiger partial charge in [0.05, 0.1) is 0 Å². The first-order valence-corrected chi connectivity index (χ1v) is 5.15. The second-order valence-corrected chi connectivity index (χ2v) is 3.86. The Morgan fingerprint density at radius 3 is 2.73 bits per heavy atom. The van der Waals surface area contributed by atoms with Crippen LogP contribution in [0.4, 0.5) is 10.2 Å². The number of nitrogen functional groups attached to an aromatic ring is 1. The highest BCUT2D eigenvalue weighted by Crippen LogP contribution is 2.33. The number of anilines is 1. The summed E-state index contributed by atoms with van der Waals surface area (Å²) in [5, 5.41) is 0. The van der Waals surface area contributed by atoms with Gasteiger partial charge in [-0.25, -0.2) is 9.37 Å². The maximum atomic E-state index is 14.4. The molecule has 0 fully saturated rings. The molecule has 1 aromatic rings. The summed E-state index contributed by atoms with van der Waals surface area (Å²) in [5.41, 5.74) is 10.9. The number of nitrogens with two attached hydrogens (primary N) is 2. The number of hydrogen-bond acceptors (Lipinski definition) is 3. The molecule has 1 aromatic heterocycles. The van der Waals surface area contributed by atoms with E-state index in [4.69, 9.17) is 11.5 Å². The standard InChI is InChI=1S/C11H18FN3/c1-3-4-11(12,7-13)9-5-8(2)6-15-10(9)14/h5-6H,3-4,7,13H2,1-2H3,(H2,14,15). The van der Waals surface area contributed by atoms with Crippen LogP contribution in [0.15, 0.2) is 12.3 Å². The van der Waals surface area contributed by atoms with Gasteiger partial charge in [0.2, 0.25) is 0 Å². The summed E-state index contributed by atoms with van der Waals surface area (Å²) in [4.78, 5) is 3.96. The third-order valence-electron chi connectivity index (χ3n) is 2.51. The highest BCUT2D eigenvalue weighted by molar-refractivity contribution is 5.45. The molecule has 1 heterocycles. The largest absolute Gasteiger partial charge is 0.383 e. The van der Waals surface area contributed by atoms with Gasteiger partial charge < -0.3 is 11.5 Å². The van der Waals surface area contributed by atoms with Crippen molar-refractivity contribution in [1.29, 1.82) is 0 Å². The van der Waals surface area contributed by atoms with Gasteiger partial charge in [0.25, 0.3) is 0 Å². The van der Waals surface area contributed by atoms with Crippen molar-refractivity contribution in [3.8, 4) is 0 Å². The smallest absolute Gasteiger partial charge is 0.151 e. The molecule has 15 heavy (non-hydrogen) atoms. The minimum Gasteiger partial charge on any atom is -0.383 e. The van der Waals surface area contributed by atoms with Crippen molar-refractivity contribution in [3.63, 3.8) is 0 Å². The number of alkyl halides is 1. The predicted molar refractivity (Wildman–Crippen MR) is 60.1 cm³/mol. The number of aryl methyl sites for hydroxylation is 1. The van der Waals surface area contributed by atoms with Crippen LogP contribution in [-0.2, 0) is 5.67 Å². The molecule has 84 valence electrons. The zero-order chi connectivity index (χ0) is 11.5. The highest BCUT2D eigenvalue weighted by Gasteiger charge is 2.31. The summed E-state index contributed by atoms with van der Waals surface area (Å²) in [6.45, 7) is 3.72. The normalized spacial score (nSPS) is 14.9. The van der Waals surface area contributed by atoms with Gasteiger partial charge in [0.1, 0.15) is 5.82 Å². The first-order valence-electron chi connectivity index (χ1n) is 5.15. The monoisotopic (exact) mass is 211 g/mol. The molecule has 0 radical (unpaired) electrons. The van der Waals surface area contributed by atoms with Gasteiger partial charge in [-0.15, -0.1) is 0 Å². The van der Waals surface area contributed by atoms with Crippen LogP contribution in [0.5, 0.6) is 0 Å². The van der Waals surface area contributed by atoms with Crippen molar-refractivity contribution in [3.05, 3.63) is 23.4 Å². The van der Waals surface area contributed by atoms with Gasteiger partial charge >= 0.3 is 0 Å². The molecule has 0 spiro atoms. The minimum atomic E-state index is -1.54. The summed E-state index contributed by atoms with van der Waals surface area (Å²) in [5.74, 6) is 0.238. The molecule has 0 saturated carbocycles. The van der Waals surface area contributed by atoms with Crippen molar-refractivity contribution in [2.45, 2.75) is 32.4 Å². The molecule has 0 aliphatic heterocycles. The van der Waals surface area contributed by atoms with Crippen LogP contribution in [-0.4, -0.2) is 11.5 Å². The van der Waals surface area contributed by atoms with E-state index in [1.165, 1.54) is 0 Å². The number of rotatable bonds is 4. The lowest BCUT2D eigenvalue weighted by Crippen LogP contribution is -2.31. The van der Waals surface area contributed by atoms with E-state index in [0.717, 1.165) is 12.0 Å². The molecule has 0 saturated heterocycles. The Kier molecular flexibility index (Phi) is 3.63. The van der Waals surface area contributed by atoms with E-state index in [2.05, 4.69) is 4.98 Å². The van der Waals surface area contributed by atoms with Crippen LogP contribution in [0.1, 0.15) is 30.9 Å². The van der Waals surface area contributed by atoms with E-state index >= 15 is 0 Å². The maximum absolute atomic E-state index is 14.4. The molecular weight excluding hydrogens is 193 g/mol. The number of pyridine rings is 1. The number of nitrogens with zero attached hydrogens (tertiary/aromatic N) is 1. The molecule has 4 N–H and O–H groups in total. The van der Waals surface area contributed by atoms with E-state index in [9.17, 15) is 4.39 Å². The van der Waals surface area contributed by atoms with Crippen molar-refractivity contribution in [1.82, 2.24) is 4.98 Å². The second kappa shape index (κ2) is 4.57. The van der Waals surface area contributed by atoms with Gasteiger partial charge in [-0.3, -0.25) is 0 Å². The second-order valence-electron chi connectivity index (χ2n) is 3.86. The predicted octanol–water partition coefficient (Wildman–Crippen LogP) is 1.90. The number of hydrogen-bond donors (Lipinski definition) is 2. The van der Waals surface area contributed by atoms with E-state index in [1.807, 2.05) is 13.8 Å². The summed E-state index contributed by atoms with van der Waals surface area (Å²) in [6.07, 6.45) is 2.72. The van der Waals surface area contributed by atoms with Crippen molar-refractivity contribution in [2.24, 2.45) is 5.73 Å². The van der Waals surface area contributed by atoms with Gasteiger partial charge in [-0.1, -0.05) is 13.3 Å². The molecular formula is C11H18FN3. The first kappa shape index (κ1) is 11.9. The van der Waals surface area contributed by atoms with E-state index in [0.29, 0.717) is 12.0 Å². The fourth-order valence-corrected chi connectivity index (χ4v) is 1.68. The highest BCUT2D eigenvalue weighted by atomic mass is 19.1. The lowest BCUT2D eigenvalue weighted by molar-refractivity contribution is 0.160. The third-order valence-corrected chi connectivity index (χ3v) is 2.51. The number of aromatic nitrogens is 1. The molecule has 1 rings (SSSR count). The zero-order valence-corrected chi connectivity index (χ0v) is 9.26. The Balaban J connectivity index is 3.16. The van der Waals surface area contributed by atoms with Crippen LogP contribution in [0.25, 0.3) is 0 Å². The fourth-order valence-electron chi connectivity index (χ4n) is 1.68. The summed E-state index contributed by atoms with van der Waals surface area (Å²) >= 11 is 0. The summed E-state index contributed by atoms with van der Waals surface area (Å²) < 4.78 is 14.4.